The first kappa shape index (κ1) is 17.4. The van der Waals surface area contributed by atoms with Crippen LogP contribution in [0.25, 0.3) is 5.57 Å². The van der Waals surface area contributed by atoms with Gasteiger partial charge < -0.3 is 9.47 Å². The Labute approximate surface area is 159 Å². The Kier molecular flexibility index (Phi) is 4.45. The van der Waals surface area contributed by atoms with Crippen LogP contribution in [-0.2, 0) is 11.3 Å². The fraction of sp³-hybridized carbons (Fsp3) is 0.304. The standard InChI is InChI=1S/C23H21NO3/c1-2-11-26-22(25)16-7-8-18-17(12-16)14-27-21-6-4-3-5-19(21)20(18)13-23(15-24)9-10-23/h3-8,12-13H,2,9-11,14H2,1H3. The van der Waals surface area contributed by atoms with Gasteiger partial charge in [0.1, 0.15) is 12.4 Å². The topological polar surface area (TPSA) is 59.3 Å². The number of carbonyl (C=O) groups is 1. The average molecular weight is 359 g/mol. The van der Waals surface area contributed by atoms with Gasteiger partial charge in [0.25, 0.3) is 0 Å². The third-order valence-corrected chi connectivity index (χ3v) is 5.06. The van der Waals surface area contributed by atoms with Crippen LogP contribution in [0.3, 0.4) is 0 Å². The van der Waals surface area contributed by atoms with Gasteiger partial charge in [0.15, 0.2) is 0 Å². The van der Waals surface area contributed by atoms with E-state index in [1.54, 1.807) is 6.07 Å². The number of nitriles is 1. The third-order valence-electron chi connectivity index (χ3n) is 5.06. The zero-order valence-electron chi connectivity index (χ0n) is 15.3. The number of esters is 1. The van der Waals surface area contributed by atoms with Crippen molar-refractivity contribution >= 4 is 11.5 Å². The Bertz CT molecular complexity index is 964. The lowest BCUT2D eigenvalue weighted by molar-refractivity contribution is 0.0505. The molecule has 2 aliphatic rings. The van der Waals surface area contributed by atoms with E-state index in [4.69, 9.17) is 9.47 Å². The highest BCUT2D eigenvalue weighted by molar-refractivity contribution is 5.92. The van der Waals surface area contributed by atoms with Crippen molar-refractivity contribution in [2.45, 2.75) is 32.8 Å². The fourth-order valence-corrected chi connectivity index (χ4v) is 3.35. The van der Waals surface area contributed by atoms with Crippen LogP contribution in [0.15, 0.2) is 48.5 Å². The molecule has 0 unspecified atom stereocenters. The molecule has 4 nitrogen and oxygen atoms in total. The van der Waals surface area contributed by atoms with E-state index in [0.29, 0.717) is 18.8 Å². The smallest absolute Gasteiger partial charge is 0.338 e. The molecule has 0 N–H and O–H groups in total. The molecule has 0 radical (unpaired) electrons. The van der Waals surface area contributed by atoms with E-state index in [2.05, 4.69) is 12.1 Å². The summed E-state index contributed by atoms with van der Waals surface area (Å²) in [6, 6.07) is 15.9. The zero-order valence-corrected chi connectivity index (χ0v) is 15.3. The average Bonchev–Trinajstić information content (AvgIpc) is 3.50. The Morgan fingerprint density at radius 2 is 2.07 bits per heavy atom. The molecule has 2 aromatic rings. The van der Waals surface area contributed by atoms with Crippen LogP contribution in [0.1, 0.15) is 53.2 Å². The zero-order chi connectivity index (χ0) is 18.9. The van der Waals surface area contributed by atoms with Gasteiger partial charge in [-0.15, -0.1) is 0 Å². The van der Waals surface area contributed by atoms with Crippen molar-refractivity contribution in [2.24, 2.45) is 5.41 Å². The molecule has 1 saturated carbocycles. The van der Waals surface area contributed by atoms with Crippen molar-refractivity contribution in [1.82, 2.24) is 0 Å². The number of hydrogen-bond acceptors (Lipinski definition) is 4. The molecule has 0 aromatic heterocycles. The molecule has 0 saturated heterocycles. The lowest BCUT2D eigenvalue weighted by Crippen LogP contribution is -2.08. The summed E-state index contributed by atoms with van der Waals surface area (Å²) >= 11 is 0. The van der Waals surface area contributed by atoms with Gasteiger partial charge in [-0.25, -0.2) is 4.79 Å². The minimum absolute atomic E-state index is 0.317. The van der Waals surface area contributed by atoms with Crippen LogP contribution in [0.5, 0.6) is 5.75 Å². The summed E-state index contributed by atoms with van der Waals surface area (Å²) in [6.45, 7) is 2.75. The number of ether oxygens (including phenoxy) is 2. The first-order chi connectivity index (χ1) is 13.2. The lowest BCUT2D eigenvalue weighted by atomic mass is 9.90. The molecule has 0 spiro atoms. The molecule has 27 heavy (non-hydrogen) atoms. The van der Waals surface area contributed by atoms with E-state index >= 15 is 0 Å². The van der Waals surface area contributed by atoms with E-state index in [-0.39, 0.29) is 11.4 Å². The second-order valence-electron chi connectivity index (χ2n) is 7.12. The van der Waals surface area contributed by atoms with Crippen LogP contribution in [0.4, 0.5) is 0 Å². The number of rotatable bonds is 4. The highest BCUT2D eigenvalue weighted by atomic mass is 16.5. The maximum atomic E-state index is 12.2. The molecule has 0 atom stereocenters. The van der Waals surface area contributed by atoms with E-state index < -0.39 is 0 Å². The van der Waals surface area contributed by atoms with Gasteiger partial charge in [0, 0.05) is 5.56 Å². The Morgan fingerprint density at radius 3 is 2.81 bits per heavy atom. The molecule has 2 aromatic carbocycles. The summed E-state index contributed by atoms with van der Waals surface area (Å²) in [5, 5.41) is 9.57. The first-order valence-electron chi connectivity index (χ1n) is 9.32. The predicted molar refractivity (Wildman–Crippen MR) is 102 cm³/mol. The molecule has 136 valence electrons. The molecule has 0 amide bonds. The summed E-state index contributed by atoms with van der Waals surface area (Å²) in [4.78, 5) is 12.2. The van der Waals surface area contributed by atoms with Crippen molar-refractivity contribution < 1.29 is 14.3 Å². The second-order valence-corrected chi connectivity index (χ2v) is 7.12. The maximum absolute atomic E-state index is 12.2. The fourth-order valence-electron chi connectivity index (χ4n) is 3.35. The van der Waals surface area contributed by atoms with Crippen LogP contribution < -0.4 is 4.74 Å². The van der Waals surface area contributed by atoms with E-state index in [9.17, 15) is 10.1 Å². The number of benzene rings is 2. The molecular formula is C23H21NO3. The minimum atomic E-state index is -0.386. The monoisotopic (exact) mass is 359 g/mol. The molecule has 0 bridgehead atoms. The SMILES string of the molecule is CCCOC(=O)c1ccc2c(c1)COc1ccccc1C2=CC1(C#N)CC1. The predicted octanol–water partition coefficient (Wildman–Crippen LogP) is 4.88. The number of nitrogens with zero attached hydrogens (tertiary/aromatic N) is 1. The van der Waals surface area contributed by atoms with Gasteiger partial charge >= 0.3 is 5.97 Å². The van der Waals surface area contributed by atoms with Gasteiger partial charge in [-0.05, 0) is 54.2 Å². The highest BCUT2D eigenvalue weighted by Crippen LogP contribution is 2.50. The van der Waals surface area contributed by atoms with Crippen molar-refractivity contribution in [3.8, 4) is 11.8 Å². The van der Waals surface area contributed by atoms with Crippen LogP contribution in [0, 0.1) is 16.7 Å². The summed E-state index contributed by atoms with van der Waals surface area (Å²) in [5.41, 5.74) is 4.07. The number of allylic oxidation sites excluding steroid dienone is 1. The highest BCUT2D eigenvalue weighted by Gasteiger charge is 2.42. The molecule has 4 rings (SSSR count). The molecule has 1 aliphatic carbocycles. The van der Waals surface area contributed by atoms with Gasteiger partial charge in [0.2, 0.25) is 0 Å². The van der Waals surface area contributed by atoms with Gasteiger partial charge in [0.05, 0.1) is 23.7 Å². The van der Waals surface area contributed by atoms with Crippen molar-refractivity contribution in [1.29, 1.82) is 5.26 Å². The van der Waals surface area contributed by atoms with E-state index in [0.717, 1.165) is 47.3 Å². The number of hydrogen-bond donors (Lipinski definition) is 0. The lowest BCUT2D eigenvalue weighted by Gasteiger charge is -2.13. The molecule has 1 aliphatic heterocycles. The van der Waals surface area contributed by atoms with Crippen LogP contribution in [0.2, 0.25) is 0 Å². The van der Waals surface area contributed by atoms with Crippen molar-refractivity contribution in [3.63, 3.8) is 0 Å². The van der Waals surface area contributed by atoms with Crippen LogP contribution in [-0.4, -0.2) is 12.6 Å². The molecule has 1 fully saturated rings. The summed E-state index contributed by atoms with van der Waals surface area (Å²) < 4.78 is 11.3. The second kappa shape index (κ2) is 6.92. The number of para-hydroxylation sites is 1. The molecule has 1 heterocycles. The summed E-state index contributed by atoms with van der Waals surface area (Å²) in [7, 11) is 0. The maximum Gasteiger partial charge on any atom is 0.338 e. The van der Waals surface area contributed by atoms with Crippen LogP contribution >= 0.6 is 0 Å². The van der Waals surface area contributed by atoms with E-state index in [1.165, 1.54) is 0 Å². The molecular weight excluding hydrogens is 338 g/mol. The largest absolute Gasteiger partial charge is 0.488 e. The Hall–Kier alpha value is -3.06. The summed E-state index contributed by atoms with van der Waals surface area (Å²) in [5.74, 6) is 0.478. The van der Waals surface area contributed by atoms with E-state index in [1.807, 2.05) is 43.3 Å². The Balaban J connectivity index is 1.80. The normalized spacial score (nSPS) is 17.7. The third kappa shape index (κ3) is 3.33. The van der Waals surface area contributed by atoms with Gasteiger partial charge in [-0.3, -0.25) is 0 Å². The quantitative estimate of drug-likeness (QED) is 0.730. The first-order valence-corrected chi connectivity index (χ1v) is 9.32. The van der Waals surface area contributed by atoms with Crippen molar-refractivity contribution in [3.05, 3.63) is 70.8 Å². The van der Waals surface area contributed by atoms with Gasteiger partial charge in [-0.1, -0.05) is 37.3 Å². The summed E-state index contributed by atoms with van der Waals surface area (Å²) in [6.07, 6.45) is 4.63. The number of carbonyl (C=O) groups excluding carboxylic acids is 1. The van der Waals surface area contributed by atoms with Crippen molar-refractivity contribution in [2.75, 3.05) is 6.61 Å². The molecule has 4 heteroatoms. The number of fused-ring (bicyclic) bond motifs is 2. The Morgan fingerprint density at radius 1 is 1.26 bits per heavy atom. The van der Waals surface area contributed by atoms with Gasteiger partial charge in [-0.2, -0.15) is 5.26 Å². The minimum Gasteiger partial charge on any atom is -0.488 e.